The third-order valence-electron chi connectivity index (χ3n) is 4.64. The molecule has 0 aromatic heterocycles. The molecule has 2 amide bonds. The summed E-state index contributed by atoms with van der Waals surface area (Å²) in [5, 5.41) is 12.2. The van der Waals surface area contributed by atoms with Crippen LogP contribution in [-0.4, -0.2) is 54.0 Å². The van der Waals surface area contributed by atoms with Crippen LogP contribution < -0.4 is 5.32 Å². The summed E-state index contributed by atoms with van der Waals surface area (Å²) >= 11 is 0. The largest absolute Gasteiger partial charge is 0.450 e. The quantitative estimate of drug-likeness (QED) is 0.777. The Hall–Kier alpha value is -2.28. The van der Waals surface area contributed by atoms with E-state index in [0.717, 1.165) is 5.56 Å². The van der Waals surface area contributed by atoms with Gasteiger partial charge in [0.05, 0.1) is 6.61 Å². The number of carbonyl (C=O) groups excluding carboxylic acids is 2. The zero-order valence-electron chi connectivity index (χ0n) is 15.3. The van der Waals surface area contributed by atoms with E-state index in [2.05, 4.69) is 5.32 Å². The van der Waals surface area contributed by atoms with Crippen LogP contribution in [0.1, 0.15) is 38.2 Å². The number of aliphatic hydroxyl groups excluding tert-OH is 1. The van der Waals surface area contributed by atoms with Crippen molar-refractivity contribution in [3.8, 4) is 0 Å². The van der Waals surface area contributed by atoms with Crippen LogP contribution in [0.3, 0.4) is 0 Å². The fourth-order valence-corrected chi connectivity index (χ4v) is 3.16. The number of amides is 2. The van der Waals surface area contributed by atoms with Gasteiger partial charge >= 0.3 is 12.2 Å². The van der Waals surface area contributed by atoms with Crippen LogP contribution in [0.25, 0.3) is 0 Å². The normalized spacial score (nSPS) is 16.0. The Morgan fingerprint density at radius 2 is 1.88 bits per heavy atom. The molecular weight excluding hydrogens is 336 g/mol. The second kappa shape index (κ2) is 10.0. The number of alkyl carbamates (subject to hydrolysis) is 1. The highest BCUT2D eigenvalue weighted by Crippen LogP contribution is 2.28. The molecule has 7 nitrogen and oxygen atoms in total. The molecule has 1 aliphatic rings. The molecule has 0 bridgehead atoms. The maximum absolute atomic E-state index is 12.3. The van der Waals surface area contributed by atoms with Gasteiger partial charge < -0.3 is 24.8 Å². The number of hydrogen-bond acceptors (Lipinski definition) is 5. The lowest BCUT2D eigenvalue weighted by Crippen LogP contribution is -2.56. The lowest BCUT2D eigenvalue weighted by atomic mass is 9.83. The van der Waals surface area contributed by atoms with E-state index in [1.165, 1.54) is 0 Å². The number of carbonyl (C=O) groups is 2. The standard InChI is InChI=1S/C19H28N2O5/c1-2-25-18(24)21-12-10-19(11-13-21,9-6-14-22)20-17(23)26-15-16-7-4-3-5-8-16/h3-5,7-8,22H,2,6,9-15H2,1H3,(H,20,23). The third kappa shape index (κ3) is 5.91. The van der Waals surface area contributed by atoms with Gasteiger partial charge in [0.2, 0.25) is 0 Å². The van der Waals surface area contributed by atoms with Crippen LogP contribution in [0, 0.1) is 0 Å². The molecular formula is C19H28N2O5. The molecule has 1 aliphatic heterocycles. The number of benzene rings is 1. The van der Waals surface area contributed by atoms with Gasteiger partial charge in [0.1, 0.15) is 6.61 Å². The van der Waals surface area contributed by atoms with Crippen molar-refractivity contribution in [3.05, 3.63) is 35.9 Å². The predicted octanol–water partition coefficient (Wildman–Crippen LogP) is 2.68. The van der Waals surface area contributed by atoms with E-state index in [0.29, 0.717) is 45.4 Å². The summed E-state index contributed by atoms with van der Waals surface area (Å²) in [4.78, 5) is 25.8. The molecule has 1 fully saturated rings. The number of nitrogens with zero attached hydrogens (tertiary/aromatic N) is 1. The number of ether oxygens (including phenoxy) is 2. The number of aliphatic hydroxyl groups is 1. The van der Waals surface area contributed by atoms with Crippen LogP contribution in [-0.2, 0) is 16.1 Å². The second-order valence-corrected chi connectivity index (χ2v) is 6.48. The van der Waals surface area contributed by atoms with E-state index >= 15 is 0 Å². The van der Waals surface area contributed by atoms with Crippen molar-refractivity contribution in [2.45, 2.75) is 44.8 Å². The smallest absolute Gasteiger partial charge is 0.409 e. The molecule has 1 saturated heterocycles. The Morgan fingerprint density at radius 3 is 2.50 bits per heavy atom. The first-order valence-electron chi connectivity index (χ1n) is 9.10. The van der Waals surface area contributed by atoms with Gasteiger partial charge in [-0.1, -0.05) is 30.3 Å². The van der Waals surface area contributed by atoms with Gasteiger partial charge in [-0.15, -0.1) is 0 Å². The minimum Gasteiger partial charge on any atom is -0.450 e. The minimum absolute atomic E-state index is 0.0596. The van der Waals surface area contributed by atoms with Crippen molar-refractivity contribution in [3.63, 3.8) is 0 Å². The van der Waals surface area contributed by atoms with Crippen molar-refractivity contribution in [2.24, 2.45) is 0 Å². The molecule has 1 aromatic rings. The summed E-state index contributed by atoms with van der Waals surface area (Å²) in [5.74, 6) is 0. The number of nitrogens with one attached hydrogen (secondary N) is 1. The summed E-state index contributed by atoms with van der Waals surface area (Å²) < 4.78 is 10.4. The summed E-state index contributed by atoms with van der Waals surface area (Å²) in [6.45, 7) is 3.39. The topological polar surface area (TPSA) is 88.1 Å². The van der Waals surface area contributed by atoms with Gasteiger partial charge in [-0.25, -0.2) is 9.59 Å². The van der Waals surface area contributed by atoms with Crippen molar-refractivity contribution < 1.29 is 24.2 Å². The van der Waals surface area contributed by atoms with Crippen molar-refractivity contribution >= 4 is 12.2 Å². The average molecular weight is 364 g/mol. The van der Waals surface area contributed by atoms with Crippen LogP contribution in [0.15, 0.2) is 30.3 Å². The Balaban J connectivity index is 1.90. The Bertz CT molecular complexity index is 571. The van der Waals surface area contributed by atoms with Crippen LogP contribution in [0.4, 0.5) is 9.59 Å². The average Bonchev–Trinajstić information content (AvgIpc) is 2.66. The van der Waals surface area contributed by atoms with Gasteiger partial charge in [-0.3, -0.25) is 0 Å². The number of rotatable bonds is 7. The maximum Gasteiger partial charge on any atom is 0.409 e. The highest BCUT2D eigenvalue weighted by atomic mass is 16.6. The molecule has 2 N–H and O–H groups in total. The van der Waals surface area contributed by atoms with E-state index in [1.807, 2.05) is 30.3 Å². The monoisotopic (exact) mass is 364 g/mol. The molecule has 1 heterocycles. The molecule has 7 heteroatoms. The van der Waals surface area contributed by atoms with E-state index in [9.17, 15) is 14.7 Å². The predicted molar refractivity (Wildman–Crippen MR) is 96.6 cm³/mol. The number of piperidine rings is 1. The highest BCUT2D eigenvalue weighted by molar-refractivity contribution is 5.69. The molecule has 2 rings (SSSR count). The second-order valence-electron chi connectivity index (χ2n) is 6.48. The van der Waals surface area contributed by atoms with E-state index in [-0.39, 0.29) is 19.3 Å². The Labute approximate surface area is 154 Å². The number of likely N-dealkylation sites (tertiary alicyclic amines) is 1. The molecule has 0 saturated carbocycles. The fourth-order valence-electron chi connectivity index (χ4n) is 3.16. The lowest BCUT2D eigenvalue weighted by Gasteiger charge is -2.41. The molecule has 0 unspecified atom stereocenters. The zero-order chi connectivity index (χ0) is 18.8. The first kappa shape index (κ1) is 20.0. The molecule has 26 heavy (non-hydrogen) atoms. The molecule has 0 aliphatic carbocycles. The van der Waals surface area contributed by atoms with Crippen molar-refractivity contribution in [1.29, 1.82) is 0 Å². The molecule has 144 valence electrons. The first-order chi connectivity index (χ1) is 12.6. The molecule has 1 aromatic carbocycles. The highest BCUT2D eigenvalue weighted by Gasteiger charge is 2.37. The van der Waals surface area contributed by atoms with Gasteiger partial charge in [0.25, 0.3) is 0 Å². The van der Waals surface area contributed by atoms with E-state index in [4.69, 9.17) is 9.47 Å². The van der Waals surface area contributed by atoms with Crippen LogP contribution in [0.2, 0.25) is 0 Å². The first-order valence-corrected chi connectivity index (χ1v) is 9.10. The lowest BCUT2D eigenvalue weighted by molar-refractivity contribution is 0.0702. The Morgan fingerprint density at radius 1 is 1.19 bits per heavy atom. The maximum atomic E-state index is 12.3. The summed E-state index contributed by atoms with van der Waals surface area (Å²) in [5.41, 5.74) is 0.448. The summed E-state index contributed by atoms with van der Waals surface area (Å²) in [6, 6.07) is 9.49. The van der Waals surface area contributed by atoms with Gasteiger partial charge in [-0.2, -0.15) is 0 Å². The van der Waals surface area contributed by atoms with Crippen molar-refractivity contribution in [1.82, 2.24) is 10.2 Å². The molecule has 0 spiro atoms. The SMILES string of the molecule is CCOC(=O)N1CCC(CCCO)(NC(=O)OCc2ccccc2)CC1. The minimum atomic E-state index is -0.476. The third-order valence-corrected chi connectivity index (χ3v) is 4.64. The molecule has 0 radical (unpaired) electrons. The fraction of sp³-hybridized carbons (Fsp3) is 0.579. The Kier molecular flexibility index (Phi) is 7.72. The zero-order valence-corrected chi connectivity index (χ0v) is 15.3. The molecule has 0 atom stereocenters. The summed E-state index contributed by atoms with van der Waals surface area (Å²) in [6.07, 6.45) is 1.63. The summed E-state index contributed by atoms with van der Waals surface area (Å²) in [7, 11) is 0. The van der Waals surface area contributed by atoms with Crippen LogP contribution in [0.5, 0.6) is 0 Å². The van der Waals surface area contributed by atoms with Gasteiger partial charge in [0.15, 0.2) is 0 Å². The number of hydrogen-bond donors (Lipinski definition) is 2. The van der Waals surface area contributed by atoms with E-state index < -0.39 is 11.6 Å². The van der Waals surface area contributed by atoms with Gasteiger partial charge in [0, 0.05) is 25.2 Å². The van der Waals surface area contributed by atoms with Gasteiger partial charge in [-0.05, 0) is 38.2 Å². The van der Waals surface area contributed by atoms with E-state index in [1.54, 1.807) is 11.8 Å². The van der Waals surface area contributed by atoms with Crippen LogP contribution >= 0.6 is 0 Å². The van der Waals surface area contributed by atoms with Crippen molar-refractivity contribution in [2.75, 3.05) is 26.3 Å².